The minimum atomic E-state index is -5.08. The summed E-state index contributed by atoms with van der Waals surface area (Å²) in [6.07, 6.45) is -1.19. The summed E-state index contributed by atoms with van der Waals surface area (Å²) in [4.78, 5) is 24.6. The third-order valence-corrected chi connectivity index (χ3v) is 6.23. The molecule has 2 atom stereocenters. The molecule has 4 rings (SSSR count). The summed E-state index contributed by atoms with van der Waals surface area (Å²) in [6.45, 7) is 7.48. The Balaban J connectivity index is 0.000000383. The highest BCUT2D eigenvalue weighted by molar-refractivity contribution is 5.85. The molecular formula is C23H29F3N4O3. The van der Waals surface area contributed by atoms with Crippen molar-refractivity contribution >= 4 is 11.9 Å². The average molecular weight is 467 g/mol. The zero-order chi connectivity index (χ0) is 24.2. The van der Waals surface area contributed by atoms with E-state index in [1.165, 1.54) is 11.3 Å². The Hall–Kier alpha value is -2.88. The van der Waals surface area contributed by atoms with Crippen LogP contribution in [-0.2, 0) is 16.1 Å². The minimum absolute atomic E-state index is 0.193. The molecule has 0 unspecified atom stereocenters. The Morgan fingerprint density at radius 1 is 1.27 bits per heavy atom. The van der Waals surface area contributed by atoms with Crippen molar-refractivity contribution in [2.75, 3.05) is 19.6 Å². The van der Waals surface area contributed by atoms with Crippen LogP contribution in [0.3, 0.4) is 0 Å². The van der Waals surface area contributed by atoms with Crippen LogP contribution < -0.4 is 5.32 Å². The summed E-state index contributed by atoms with van der Waals surface area (Å²) in [7, 11) is 0. The van der Waals surface area contributed by atoms with E-state index in [0.717, 1.165) is 32.5 Å². The SMILES string of the molecule is CC(C)n1nccc1[C@@H]1CNC[C@]12CCCN(Cc1ccccc1)C2=O.O=C(O)C(F)(F)F. The zero-order valence-corrected chi connectivity index (χ0v) is 18.7. The molecule has 0 bridgehead atoms. The predicted octanol–water partition coefficient (Wildman–Crippen LogP) is 3.59. The second kappa shape index (κ2) is 9.94. The maximum absolute atomic E-state index is 13.6. The number of carbonyl (C=O) groups is 2. The van der Waals surface area contributed by atoms with Crippen molar-refractivity contribution in [1.82, 2.24) is 20.0 Å². The lowest BCUT2D eigenvalue weighted by molar-refractivity contribution is -0.192. The van der Waals surface area contributed by atoms with E-state index in [4.69, 9.17) is 9.90 Å². The van der Waals surface area contributed by atoms with Crippen LogP contribution in [-0.4, -0.2) is 57.5 Å². The van der Waals surface area contributed by atoms with Crippen LogP contribution in [0.4, 0.5) is 13.2 Å². The number of piperidine rings is 1. The monoisotopic (exact) mass is 466 g/mol. The van der Waals surface area contributed by atoms with Crippen LogP contribution in [0.2, 0.25) is 0 Å². The molecule has 7 nitrogen and oxygen atoms in total. The molecule has 2 N–H and O–H groups in total. The van der Waals surface area contributed by atoms with Gasteiger partial charge in [0, 0.05) is 50.0 Å². The average Bonchev–Trinajstić information content (AvgIpc) is 3.39. The third kappa shape index (κ3) is 5.38. The van der Waals surface area contributed by atoms with Crippen LogP contribution in [0.25, 0.3) is 0 Å². The number of carboxylic acids is 1. The second-order valence-electron chi connectivity index (χ2n) is 8.75. The minimum Gasteiger partial charge on any atom is -0.475 e. The summed E-state index contributed by atoms with van der Waals surface area (Å²) in [5, 5.41) is 15.2. The predicted molar refractivity (Wildman–Crippen MR) is 115 cm³/mol. The zero-order valence-electron chi connectivity index (χ0n) is 18.7. The number of likely N-dealkylation sites (tertiary alicyclic amines) is 1. The number of benzene rings is 1. The molecule has 33 heavy (non-hydrogen) atoms. The van der Waals surface area contributed by atoms with E-state index in [1.54, 1.807) is 0 Å². The van der Waals surface area contributed by atoms with Crippen LogP contribution >= 0.6 is 0 Å². The van der Waals surface area contributed by atoms with Gasteiger partial charge in [0.05, 0.1) is 5.41 Å². The number of carboxylic acid groups (broad SMARTS) is 1. The Morgan fingerprint density at radius 3 is 2.55 bits per heavy atom. The van der Waals surface area contributed by atoms with Crippen molar-refractivity contribution in [2.45, 2.75) is 51.4 Å². The van der Waals surface area contributed by atoms with Gasteiger partial charge in [-0.1, -0.05) is 30.3 Å². The van der Waals surface area contributed by atoms with Crippen LogP contribution in [0.1, 0.15) is 49.9 Å². The highest BCUT2D eigenvalue weighted by Gasteiger charge is 2.53. The van der Waals surface area contributed by atoms with Crippen molar-refractivity contribution in [3.05, 3.63) is 53.9 Å². The van der Waals surface area contributed by atoms with Crippen LogP contribution in [0.5, 0.6) is 0 Å². The molecule has 1 amide bonds. The van der Waals surface area contributed by atoms with Crippen LogP contribution in [0, 0.1) is 5.41 Å². The molecule has 2 saturated heterocycles. The van der Waals surface area contributed by atoms with Gasteiger partial charge in [0.25, 0.3) is 0 Å². The summed E-state index contributed by atoms with van der Waals surface area (Å²) < 4.78 is 33.8. The van der Waals surface area contributed by atoms with E-state index in [2.05, 4.69) is 52.0 Å². The van der Waals surface area contributed by atoms with E-state index in [0.29, 0.717) is 18.5 Å². The fourth-order valence-corrected chi connectivity index (χ4v) is 4.73. The van der Waals surface area contributed by atoms with Gasteiger partial charge < -0.3 is 15.3 Å². The van der Waals surface area contributed by atoms with Gasteiger partial charge in [-0.25, -0.2) is 4.79 Å². The molecule has 3 heterocycles. The maximum Gasteiger partial charge on any atom is 0.490 e. The summed E-state index contributed by atoms with van der Waals surface area (Å²) in [5.41, 5.74) is 2.06. The number of halogens is 3. The number of rotatable bonds is 4. The maximum atomic E-state index is 13.6. The molecular weight excluding hydrogens is 437 g/mol. The van der Waals surface area contributed by atoms with E-state index in [9.17, 15) is 18.0 Å². The number of nitrogens with one attached hydrogen (secondary N) is 1. The molecule has 1 aromatic carbocycles. The molecule has 0 radical (unpaired) electrons. The molecule has 1 aromatic heterocycles. The third-order valence-electron chi connectivity index (χ3n) is 6.23. The van der Waals surface area contributed by atoms with E-state index >= 15 is 0 Å². The fourth-order valence-electron chi connectivity index (χ4n) is 4.73. The lowest BCUT2D eigenvalue weighted by Gasteiger charge is -2.42. The molecule has 2 aliphatic rings. The van der Waals surface area contributed by atoms with Gasteiger partial charge in [-0.2, -0.15) is 18.3 Å². The Bertz CT molecular complexity index is 961. The van der Waals surface area contributed by atoms with Gasteiger partial charge in [0.1, 0.15) is 0 Å². The number of hydrogen-bond acceptors (Lipinski definition) is 4. The first-order valence-corrected chi connectivity index (χ1v) is 10.9. The number of alkyl halides is 3. The first-order valence-electron chi connectivity index (χ1n) is 10.9. The van der Waals surface area contributed by atoms with Gasteiger partial charge in [-0.05, 0) is 38.3 Å². The number of hydrogen-bond donors (Lipinski definition) is 2. The van der Waals surface area contributed by atoms with Gasteiger partial charge in [-0.3, -0.25) is 9.48 Å². The topological polar surface area (TPSA) is 87.5 Å². The second-order valence-corrected chi connectivity index (χ2v) is 8.75. The molecule has 2 fully saturated rings. The molecule has 2 aliphatic heterocycles. The summed E-state index contributed by atoms with van der Waals surface area (Å²) in [5.74, 6) is -2.26. The Labute approximate surface area is 190 Å². The summed E-state index contributed by atoms with van der Waals surface area (Å²) in [6, 6.07) is 12.7. The van der Waals surface area contributed by atoms with Crippen molar-refractivity contribution in [3.8, 4) is 0 Å². The molecule has 2 aromatic rings. The first kappa shape index (κ1) is 24.8. The van der Waals surface area contributed by atoms with Gasteiger partial charge >= 0.3 is 12.1 Å². The fraction of sp³-hybridized carbons (Fsp3) is 0.522. The Morgan fingerprint density at radius 2 is 1.94 bits per heavy atom. The number of amides is 1. The highest BCUT2D eigenvalue weighted by atomic mass is 19.4. The molecule has 10 heteroatoms. The lowest BCUT2D eigenvalue weighted by Crippen LogP contribution is -2.51. The molecule has 180 valence electrons. The Kier molecular flexibility index (Phi) is 7.46. The normalized spacial score (nSPS) is 23.0. The highest BCUT2D eigenvalue weighted by Crippen LogP contribution is 2.47. The molecule has 0 aliphatic carbocycles. The molecule has 0 saturated carbocycles. The number of aromatic nitrogens is 2. The number of carbonyl (C=O) groups excluding carboxylic acids is 1. The first-order chi connectivity index (χ1) is 15.6. The number of aliphatic carboxylic acids is 1. The molecule has 1 spiro atoms. The standard InChI is InChI=1S/C21H28N4O.C2HF3O2/c1-16(2)25-19(9-11-23-25)18-13-22-15-21(18)10-6-12-24(20(21)26)14-17-7-4-3-5-8-17;3-2(4,5)1(6)7/h3-5,7-9,11,16,18,22H,6,10,12-15H2,1-2H3;(H,6,7)/t18-,21+;/m0./s1. The summed E-state index contributed by atoms with van der Waals surface area (Å²) >= 11 is 0. The quantitative estimate of drug-likeness (QED) is 0.719. The smallest absolute Gasteiger partial charge is 0.475 e. The largest absolute Gasteiger partial charge is 0.490 e. The van der Waals surface area contributed by atoms with Crippen molar-refractivity contribution in [1.29, 1.82) is 0 Å². The number of nitrogens with zero attached hydrogens (tertiary/aromatic N) is 3. The van der Waals surface area contributed by atoms with E-state index in [-0.39, 0.29) is 11.3 Å². The van der Waals surface area contributed by atoms with Gasteiger partial charge in [0.2, 0.25) is 5.91 Å². The van der Waals surface area contributed by atoms with E-state index in [1.807, 2.05) is 24.4 Å². The van der Waals surface area contributed by atoms with Crippen molar-refractivity contribution in [3.63, 3.8) is 0 Å². The lowest BCUT2D eigenvalue weighted by atomic mass is 9.70. The van der Waals surface area contributed by atoms with Crippen molar-refractivity contribution in [2.24, 2.45) is 5.41 Å². The van der Waals surface area contributed by atoms with Gasteiger partial charge in [0.15, 0.2) is 0 Å². The van der Waals surface area contributed by atoms with Gasteiger partial charge in [-0.15, -0.1) is 0 Å². The van der Waals surface area contributed by atoms with Crippen LogP contribution in [0.15, 0.2) is 42.6 Å². The van der Waals surface area contributed by atoms with Crippen molar-refractivity contribution < 1.29 is 27.9 Å². The van der Waals surface area contributed by atoms with E-state index < -0.39 is 12.1 Å².